The third-order valence-corrected chi connectivity index (χ3v) is 6.37. The number of aryl methyl sites for hydroxylation is 2. The first-order chi connectivity index (χ1) is 14.8. The summed E-state index contributed by atoms with van der Waals surface area (Å²) < 4.78 is 37.0. The summed E-state index contributed by atoms with van der Waals surface area (Å²) in [6.45, 7) is 4.26. The van der Waals surface area contributed by atoms with Crippen LogP contribution in [0.4, 0.5) is 0 Å². The lowest BCUT2D eigenvalue weighted by Crippen LogP contribution is -2.03. The lowest BCUT2D eigenvalue weighted by atomic mass is 10.1. The van der Waals surface area contributed by atoms with E-state index in [-0.39, 0.29) is 9.80 Å². The van der Waals surface area contributed by atoms with E-state index < -0.39 is 9.84 Å². The number of methoxy groups -OCH3 is 1. The van der Waals surface area contributed by atoms with Crippen molar-refractivity contribution in [3.63, 3.8) is 0 Å². The van der Waals surface area contributed by atoms with Crippen molar-refractivity contribution in [3.05, 3.63) is 93.9 Å². The van der Waals surface area contributed by atoms with Crippen LogP contribution in [0.5, 0.6) is 11.5 Å². The Kier molecular flexibility index (Phi) is 6.78. The van der Waals surface area contributed by atoms with Crippen molar-refractivity contribution in [2.75, 3.05) is 7.11 Å². The van der Waals surface area contributed by atoms with Gasteiger partial charge in [-0.3, -0.25) is 0 Å². The molecule has 3 rings (SSSR count). The van der Waals surface area contributed by atoms with Crippen LogP contribution in [0.25, 0.3) is 6.08 Å². The van der Waals surface area contributed by atoms with Gasteiger partial charge in [-0.15, -0.1) is 0 Å². The quantitative estimate of drug-likeness (QED) is 0.477. The Labute approximate surface area is 183 Å². The van der Waals surface area contributed by atoms with E-state index in [9.17, 15) is 13.7 Å². The molecule has 0 saturated carbocycles. The van der Waals surface area contributed by atoms with Gasteiger partial charge < -0.3 is 9.47 Å². The summed E-state index contributed by atoms with van der Waals surface area (Å²) in [6.07, 6.45) is 1.34. The molecule has 158 valence electrons. The molecule has 0 amide bonds. The molecule has 0 aliphatic rings. The molecule has 31 heavy (non-hydrogen) atoms. The van der Waals surface area contributed by atoms with Crippen LogP contribution in [0.15, 0.2) is 76.5 Å². The summed E-state index contributed by atoms with van der Waals surface area (Å²) in [6, 6.07) is 21.2. The maximum atomic E-state index is 12.8. The van der Waals surface area contributed by atoms with Crippen LogP contribution < -0.4 is 9.47 Å². The molecular weight excluding hydrogens is 410 g/mol. The molecule has 0 spiro atoms. The first kappa shape index (κ1) is 22.1. The molecule has 0 saturated heterocycles. The van der Waals surface area contributed by atoms with Gasteiger partial charge in [-0.1, -0.05) is 53.6 Å². The van der Waals surface area contributed by atoms with Crippen molar-refractivity contribution < 1.29 is 17.9 Å². The Morgan fingerprint density at radius 2 is 1.71 bits per heavy atom. The van der Waals surface area contributed by atoms with Crippen molar-refractivity contribution in [1.29, 1.82) is 5.26 Å². The number of rotatable bonds is 7. The standard InChI is InChI=1S/C25H23NO4S/c1-18-7-10-22(11-8-18)31(27,28)23(16-26)14-20-9-12-24(25(15-20)29-3)30-17-21-6-4-5-19(2)13-21/h4-15H,17H2,1-3H3. The zero-order chi connectivity index (χ0) is 22.4. The average molecular weight is 434 g/mol. The highest BCUT2D eigenvalue weighted by Crippen LogP contribution is 2.31. The van der Waals surface area contributed by atoms with Gasteiger partial charge in [-0.05, 0) is 55.3 Å². The summed E-state index contributed by atoms with van der Waals surface area (Å²) in [5.41, 5.74) is 3.63. The largest absolute Gasteiger partial charge is 0.493 e. The summed E-state index contributed by atoms with van der Waals surface area (Å²) >= 11 is 0. The van der Waals surface area contributed by atoms with E-state index in [4.69, 9.17) is 9.47 Å². The molecule has 0 heterocycles. The molecule has 0 radical (unpaired) electrons. The summed E-state index contributed by atoms with van der Waals surface area (Å²) in [4.78, 5) is -0.261. The highest BCUT2D eigenvalue weighted by Gasteiger charge is 2.21. The number of nitriles is 1. The second-order valence-corrected chi connectivity index (χ2v) is 9.04. The van der Waals surface area contributed by atoms with Gasteiger partial charge in [0.05, 0.1) is 12.0 Å². The van der Waals surface area contributed by atoms with Gasteiger partial charge in [0.1, 0.15) is 17.6 Å². The average Bonchev–Trinajstić information content (AvgIpc) is 2.76. The van der Waals surface area contributed by atoms with E-state index in [0.717, 1.165) is 16.7 Å². The summed E-state index contributed by atoms with van der Waals surface area (Å²) in [7, 11) is -2.41. The number of ether oxygens (including phenoxy) is 2. The predicted octanol–water partition coefficient (Wildman–Crippen LogP) is 5.23. The molecule has 5 nitrogen and oxygen atoms in total. The molecule has 3 aromatic carbocycles. The van der Waals surface area contributed by atoms with E-state index in [1.807, 2.05) is 44.2 Å². The zero-order valence-corrected chi connectivity index (χ0v) is 18.4. The monoisotopic (exact) mass is 433 g/mol. The molecule has 6 heteroatoms. The molecule has 0 aliphatic carbocycles. The van der Waals surface area contributed by atoms with Crippen LogP contribution in [0.2, 0.25) is 0 Å². The normalized spacial score (nSPS) is 11.6. The van der Waals surface area contributed by atoms with Gasteiger partial charge in [0.25, 0.3) is 0 Å². The van der Waals surface area contributed by atoms with Crippen LogP contribution in [0.1, 0.15) is 22.3 Å². The molecule has 0 bridgehead atoms. The molecular formula is C25H23NO4S. The Hall–Kier alpha value is -3.56. The van der Waals surface area contributed by atoms with E-state index in [1.165, 1.54) is 25.3 Å². The second-order valence-electron chi connectivity index (χ2n) is 7.12. The Bertz CT molecular complexity index is 1250. The molecule has 0 N–H and O–H groups in total. The number of hydrogen-bond acceptors (Lipinski definition) is 5. The molecule has 3 aromatic rings. The molecule has 0 aliphatic heterocycles. The van der Waals surface area contributed by atoms with Crippen molar-refractivity contribution >= 4 is 15.9 Å². The third-order valence-electron chi connectivity index (χ3n) is 4.69. The number of nitrogens with zero attached hydrogens (tertiary/aromatic N) is 1. The fraction of sp³-hybridized carbons (Fsp3) is 0.160. The van der Waals surface area contributed by atoms with Crippen molar-refractivity contribution in [1.82, 2.24) is 0 Å². The van der Waals surface area contributed by atoms with Crippen LogP contribution in [-0.2, 0) is 16.4 Å². The summed E-state index contributed by atoms with van der Waals surface area (Å²) in [5, 5.41) is 9.50. The molecule has 0 atom stereocenters. The van der Waals surface area contributed by atoms with Gasteiger partial charge >= 0.3 is 0 Å². The van der Waals surface area contributed by atoms with Crippen LogP contribution >= 0.6 is 0 Å². The SMILES string of the molecule is COc1cc(C=C(C#N)S(=O)(=O)c2ccc(C)cc2)ccc1OCc1cccc(C)c1. The van der Waals surface area contributed by atoms with E-state index >= 15 is 0 Å². The van der Waals surface area contributed by atoms with Gasteiger partial charge in [0.2, 0.25) is 9.84 Å². The van der Waals surface area contributed by atoms with Crippen molar-refractivity contribution in [2.45, 2.75) is 25.3 Å². The Morgan fingerprint density at radius 3 is 2.35 bits per heavy atom. The highest BCUT2D eigenvalue weighted by atomic mass is 32.2. The zero-order valence-electron chi connectivity index (χ0n) is 17.6. The predicted molar refractivity (Wildman–Crippen MR) is 120 cm³/mol. The maximum Gasteiger partial charge on any atom is 0.216 e. The second kappa shape index (κ2) is 9.50. The van der Waals surface area contributed by atoms with Crippen LogP contribution in [-0.4, -0.2) is 15.5 Å². The fourth-order valence-electron chi connectivity index (χ4n) is 3.02. The molecule has 0 fully saturated rings. The summed E-state index contributed by atoms with van der Waals surface area (Å²) in [5.74, 6) is 0.979. The molecule has 0 unspecified atom stereocenters. The van der Waals surface area contributed by atoms with Crippen molar-refractivity contribution in [2.24, 2.45) is 0 Å². The molecule has 0 aromatic heterocycles. The van der Waals surface area contributed by atoms with Crippen LogP contribution in [0, 0.1) is 25.2 Å². The maximum absolute atomic E-state index is 12.8. The van der Waals surface area contributed by atoms with Gasteiger partial charge in [-0.25, -0.2) is 8.42 Å². The highest BCUT2D eigenvalue weighted by molar-refractivity contribution is 7.95. The van der Waals surface area contributed by atoms with Gasteiger partial charge in [-0.2, -0.15) is 5.26 Å². The van der Waals surface area contributed by atoms with Crippen molar-refractivity contribution in [3.8, 4) is 17.6 Å². The lowest BCUT2D eigenvalue weighted by Gasteiger charge is -2.12. The first-order valence-corrected chi connectivity index (χ1v) is 11.1. The lowest BCUT2D eigenvalue weighted by molar-refractivity contribution is 0.284. The minimum absolute atomic E-state index is 0.0796. The Balaban J connectivity index is 1.87. The van der Waals surface area contributed by atoms with Gasteiger partial charge in [0, 0.05) is 0 Å². The Morgan fingerprint density at radius 1 is 0.968 bits per heavy atom. The fourth-order valence-corrected chi connectivity index (χ4v) is 4.18. The third kappa shape index (κ3) is 5.33. The minimum atomic E-state index is -3.92. The topological polar surface area (TPSA) is 76.4 Å². The van der Waals surface area contributed by atoms with Gasteiger partial charge in [0.15, 0.2) is 11.5 Å². The van der Waals surface area contributed by atoms with E-state index in [1.54, 1.807) is 30.3 Å². The van der Waals surface area contributed by atoms with Crippen LogP contribution in [0.3, 0.4) is 0 Å². The number of sulfone groups is 1. The smallest absolute Gasteiger partial charge is 0.216 e. The minimum Gasteiger partial charge on any atom is -0.493 e. The number of hydrogen-bond donors (Lipinski definition) is 0. The number of allylic oxidation sites excluding steroid dienone is 1. The number of benzene rings is 3. The van der Waals surface area contributed by atoms with E-state index in [2.05, 4.69) is 0 Å². The first-order valence-electron chi connectivity index (χ1n) is 9.63. The van der Waals surface area contributed by atoms with E-state index in [0.29, 0.717) is 23.7 Å².